The number of rotatable bonds is 5. The molecule has 0 aromatic heterocycles. The molecule has 2 atom stereocenters. The van der Waals surface area contributed by atoms with Gasteiger partial charge in [0, 0.05) is 0 Å². The molecule has 4 nitrogen and oxygen atoms in total. The van der Waals surface area contributed by atoms with Crippen molar-refractivity contribution in [2.45, 2.75) is 70.6 Å². The Bertz CT molecular complexity index is 489. The van der Waals surface area contributed by atoms with Crippen LogP contribution >= 0.6 is 0 Å². The Morgan fingerprint density at radius 1 is 1.26 bits per heavy atom. The van der Waals surface area contributed by atoms with E-state index in [9.17, 15) is 9.90 Å². The summed E-state index contributed by atoms with van der Waals surface area (Å²) in [7, 11) is 0. The zero-order valence-corrected chi connectivity index (χ0v) is 14.4. The summed E-state index contributed by atoms with van der Waals surface area (Å²) in [5, 5.41) is 13.6. The first-order valence-corrected chi connectivity index (χ1v) is 8.56. The van der Waals surface area contributed by atoms with E-state index in [0.717, 1.165) is 31.2 Å². The summed E-state index contributed by atoms with van der Waals surface area (Å²) in [6.45, 7) is 5.52. The minimum Gasteiger partial charge on any atom is -0.444 e. The lowest BCUT2D eigenvalue weighted by Gasteiger charge is -2.29. The van der Waals surface area contributed by atoms with Crippen molar-refractivity contribution in [2.75, 3.05) is 0 Å². The maximum Gasteiger partial charge on any atom is 0.407 e. The normalized spacial score (nSPS) is 18.4. The van der Waals surface area contributed by atoms with E-state index in [2.05, 4.69) is 5.32 Å². The SMILES string of the molecule is CC(C)(C)OC(=O)NC(Cc1ccccc1)C(O)C1CCCC1. The van der Waals surface area contributed by atoms with Crippen LogP contribution in [-0.2, 0) is 11.2 Å². The fourth-order valence-corrected chi connectivity index (χ4v) is 3.21. The van der Waals surface area contributed by atoms with E-state index in [1.54, 1.807) is 0 Å². The van der Waals surface area contributed by atoms with Gasteiger partial charge in [0.05, 0.1) is 12.1 Å². The Morgan fingerprint density at radius 2 is 1.87 bits per heavy atom. The second-order valence-electron chi connectivity index (χ2n) is 7.48. The van der Waals surface area contributed by atoms with E-state index < -0.39 is 17.8 Å². The van der Waals surface area contributed by atoms with Gasteiger partial charge in [0.15, 0.2) is 0 Å². The van der Waals surface area contributed by atoms with Crippen molar-refractivity contribution in [2.24, 2.45) is 5.92 Å². The minimum absolute atomic E-state index is 0.263. The summed E-state index contributed by atoms with van der Waals surface area (Å²) in [4.78, 5) is 12.1. The second-order valence-corrected chi connectivity index (χ2v) is 7.48. The fourth-order valence-electron chi connectivity index (χ4n) is 3.21. The predicted octanol–water partition coefficient (Wildman–Crippen LogP) is 3.67. The zero-order valence-electron chi connectivity index (χ0n) is 14.4. The van der Waals surface area contributed by atoms with Gasteiger partial charge in [-0.1, -0.05) is 43.2 Å². The molecular formula is C19H29NO3. The number of amides is 1. The van der Waals surface area contributed by atoms with Crippen molar-refractivity contribution in [1.82, 2.24) is 5.32 Å². The molecular weight excluding hydrogens is 290 g/mol. The van der Waals surface area contributed by atoms with Crippen LogP contribution in [0.4, 0.5) is 4.79 Å². The standard InChI is InChI=1S/C19H29NO3/c1-19(2,3)23-18(22)20-16(13-14-9-5-4-6-10-14)17(21)15-11-7-8-12-15/h4-6,9-10,15-17,21H,7-8,11-13H2,1-3H3,(H,20,22). The molecule has 4 heteroatoms. The number of hydrogen-bond acceptors (Lipinski definition) is 3. The van der Waals surface area contributed by atoms with E-state index in [0.29, 0.717) is 6.42 Å². The first-order chi connectivity index (χ1) is 10.8. The number of alkyl carbamates (subject to hydrolysis) is 1. The van der Waals surface area contributed by atoms with E-state index in [-0.39, 0.29) is 12.0 Å². The van der Waals surface area contributed by atoms with Gasteiger partial charge in [-0.05, 0) is 51.5 Å². The molecule has 2 N–H and O–H groups in total. The zero-order chi connectivity index (χ0) is 16.9. The predicted molar refractivity (Wildman–Crippen MR) is 91.3 cm³/mol. The van der Waals surface area contributed by atoms with Crippen LogP contribution in [0.5, 0.6) is 0 Å². The van der Waals surface area contributed by atoms with E-state index in [1.165, 1.54) is 0 Å². The molecule has 0 aliphatic heterocycles. The number of benzene rings is 1. The first kappa shape index (κ1) is 17.8. The van der Waals surface area contributed by atoms with E-state index >= 15 is 0 Å². The summed E-state index contributed by atoms with van der Waals surface area (Å²) in [5.41, 5.74) is 0.560. The molecule has 128 valence electrons. The highest BCUT2D eigenvalue weighted by Gasteiger charge is 2.32. The van der Waals surface area contributed by atoms with Crippen molar-refractivity contribution in [3.05, 3.63) is 35.9 Å². The van der Waals surface area contributed by atoms with Crippen LogP contribution in [-0.4, -0.2) is 28.9 Å². The number of carbonyl (C=O) groups is 1. The lowest BCUT2D eigenvalue weighted by Crippen LogP contribution is -2.49. The van der Waals surface area contributed by atoms with Crippen LogP contribution in [0.15, 0.2) is 30.3 Å². The second kappa shape index (κ2) is 7.82. The molecule has 1 fully saturated rings. The Kier molecular flexibility index (Phi) is 6.05. The monoisotopic (exact) mass is 319 g/mol. The molecule has 1 amide bonds. The highest BCUT2D eigenvalue weighted by molar-refractivity contribution is 5.68. The van der Waals surface area contributed by atoms with Crippen LogP contribution in [0.3, 0.4) is 0 Å². The van der Waals surface area contributed by atoms with Crippen LogP contribution in [0.25, 0.3) is 0 Å². The molecule has 0 radical (unpaired) electrons. The maximum absolute atomic E-state index is 12.1. The fraction of sp³-hybridized carbons (Fsp3) is 0.632. The molecule has 1 aliphatic carbocycles. The van der Waals surface area contributed by atoms with Gasteiger partial charge in [-0.15, -0.1) is 0 Å². The van der Waals surface area contributed by atoms with Crippen LogP contribution in [0.2, 0.25) is 0 Å². The molecule has 1 aromatic rings. The topological polar surface area (TPSA) is 58.6 Å². The lowest BCUT2D eigenvalue weighted by atomic mass is 9.91. The smallest absolute Gasteiger partial charge is 0.407 e. The molecule has 2 unspecified atom stereocenters. The van der Waals surface area contributed by atoms with Crippen molar-refractivity contribution >= 4 is 6.09 Å². The molecule has 0 bridgehead atoms. The number of aliphatic hydroxyl groups is 1. The maximum atomic E-state index is 12.1. The van der Waals surface area contributed by atoms with Crippen molar-refractivity contribution in [1.29, 1.82) is 0 Å². The quantitative estimate of drug-likeness (QED) is 0.870. The number of aliphatic hydroxyl groups excluding tert-OH is 1. The molecule has 0 spiro atoms. The summed E-state index contributed by atoms with van der Waals surface area (Å²) in [5.74, 6) is 0.263. The van der Waals surface area contributed by atoms with Crippen LogP contribution in [0, 0.1) is 5.92 Å². The van der Waals surface area contributed by atoms with Gasteiger partial charge in [-0.2, -0.15) is 0 Å². The molecule has 23 heavy (non-hydrogen) atoms. The van der Waals surface area contributed by atoms with Gasteiger partial charge in [0.25, 0.3) is 0 Å². The largest absolute Gasteiger partial charge is 0.444 e. The summed E-state index contributed by atoms with van der Waals surface area (Å²) in [6, 6.07) is 9.63. The number of hydrogen-bond donors (Lipinski definition) is 2. The number of carbonyl (C=O) groups excluding carboxylic acids is 1. The van der Waals surface area contributed by atoms with Crippen molar-refractivity contribution < 1.29 is 14.6 Å². The average molecular weight is 319 g/mol. The third kappa shape index (κ3) is 5.87. The third-order valence-electron chi connectivity index (χ3n) is 4.30. The summed E-state index contributed by atoms with van der Waals surface area (Å²) in [6.07, 6.45) is 3.99. The molecule has 0 saturated heterocycles. The molecule has 2 rings (SSSR count). The van der Waals surface area contributed by atoms with Gasteiger partial charge in [0.1, 0.15) is 5.60 Å². The lowest BCUT2D eigenvalue weighted by molar-refractivity contribution is 0.0328. The Labute approximate surface area is 139 Å². The molecule has 1 aromatic carbocycles. The minimum atomic E-state index is -0.542. The van der Waals surface area contributed by atoms with Gasteiger partial charge in [-0.3, -0.25) is 0 Å². The van der Waals surface area contributed by atoms with Gasteiger partial charge in [-0.25, -0.2) is 4.79 Å². The number of ether oxygens (including phenoxy) is 1. The molecule has 1 aliphatic rings. The van der Waals surface area contributed by atoms with Crippen LogP contribution < -0.4 is 5.32 Å². The molecule has 0 heterocycles. The third-order valence-corrected chi connectivity index (χ3v) is 4.30. The highest BCUT2D eigenvalue weighted by Crippen LogP contribution is 2.30. The average Bonchev–Trinajstić information content (AvgIpc) is 2.99. The van der Waals surface area contributed by atoms with Crippen molar-refractivity contribution in [3.63, 3.8) is 0 Å². The Morgan fingerprint density at radius 3 is 2.43 bits per heavy atom. The molecule has 1 saturated carbocycles. The summed E-state index contributed by atoms with van der Waals surface area (Å²) >= 11 is 0. The van der Waals surface area contributed by atoms with E-state index in [1.807, 2.05) is 51.1 Å². The Balaban J connectivity index is 2.05. The Hall–Kier alpha value is -1.55. The van der Waals surface area contributed by atoms with E-state index in [4.69, 9.17) is 4.74 Å². The highest BCUT2D eigenvalue weighted by atomic mass is 16.6. The van der Waals surface area contributed by atoms with Gasteiger partial charge >= 0.3 is 6.09 Å². The summed E-state index contributed by atoms with van der Waals surface area (Å²) < 4.78 is 5.36. The first-order valence-electron chi connectivity index (χ1n) is 8.56. The van der Waals surface area contributed by atoms with Gasteiger partial charge in [0.2, 0.25) is 0 Å². The van der Waals surface area contributed by atoms with Gasteiger partial charge < -0.3 is 15.2 Å². The number of nitrogens with one attached hydrogen (secondary N) is 1. The van der Waals surface area contributed by atoms with Crippen LogP contribution in [0.1, 0.15) is 52.0 Å². The van der Waals surface area contributed by atoms with Crippen molar-refractivity contribution in [3.8, 4) is 0 Å².